The highest BCUT2D eigenvalue weighted by Gasteiger charge is 2.26. The molecular weight excluding hydrogens is 224 g/mol. The molecule has 0 spiro atoms. The molecule has 0 aromatic heterocycles. The van der Waals surface area contributed by atoms with Gasteiger partial charge in [0.2, 0.25) is 9.84 Å². The van der Waals surface area contributed by atoms with Crippen molar-refractivity contribution in [2.75, 3.05) is 11.9 Å². The van der Waals surface area contributed by atoms with E-state index in [1.807, 2.05) is 6.92 Å². The average molecular weight is 235 g/mol. The van der Waals surface area contributed by atoms with E-state index in [1.165, 1.54) is 24.3 Å². The van der Waals surface area contributed by atoms with Gasteiger partial charge in [-0.15, -0.1) is 0 Å². The summed E-state index contributed by atoms with van der Waals surface area (Å²) in [5.41, 5.74) is 0.700. The molecule has 0 aliphatic rings. The summed E-state index contributed by atoms with van der Waals surface area (Å²) in [6.45, 7) is 2.56. The third-order valence-corrected chi connectivity index (χ3v) is 3.20. The van der Waals surface area contributed by atoms with Crippen LogP contribution in [0.15, 0.2) is 29.2 Å². The zero-order valence-corrected chi connectivity index (χ0v) is 8.89. The molecule has 1 N–H and O–H groups in total. The highest BCUT2D eigenvalue weighted by Crippen LogP contribution is 2.19. The molecular formula is C9H11F2NO2S. The average Bonchev–Trinajstić information content (AvgIpc) is 2.19. The lowest BCUT2D eigenvalue weighted by atomic mass is 10.3. The van der Waals surface area contributed by atoms with Crippen LogP contribution in [0.4, 0.5) is 14.5 Å². The summed E-state index contributed by atoms with van der Waals surface area (Å²) in [6, 6.07) is 5.25. The van der Waals surface area contributed by atoms with Gasteiger partial charge in [0.05, 0.1) is 4.90 Å². The molecule has 0 saturated heterocycles. The molecule has 0 amide bonds. The smallest absolute Gasteiger partial charge is 0.341 e. The number of anilines is 1. The van der Waals surface area contributed by atoms with Crippen LogP contribution >= 0.6 is 0 Å². The number of nitrogens with one attached hydrogen (secondary N) is 1. The molecule has 0 unspecified atom stereocenters. The molecule has 0 saturated carbocycles. The number of halogens is 2. The van der Waals surface area contributed by atoms with E-state index in [-0.39, 0.29) is 4.90 Å². The van der Waals surface area contributed by atoms with Crippen LogP contribution in [0.1, 0.15) is 6.92 Å². The van der Waals surface area contributed by atoms with Crippen molar-refractivity contribution < 1.29 is 17.2 Å². The molecule has 1 aromatic carbocycles. The number of sulfone groups is 1. The fourth-order valence-corrected chi connectivity index (χ4v) is 1.79. The molecule has 3 nitrogen and oxygen atoms in total. The Labute approximate surface area is 87.0 Å². The summed E-state index contributed by atoms with van der Waals surface area (Å²) < 4.78 is 46.3. The number of benzene rings is 1. The first-order valence-corrected chi connectivity index (χ1v) is 5.89. The lowest BCUT2D eigenvalue weighted by molar-refractivity contribution is 0.234. The van der Waals surface area contributed by atoms with Crippen molar-refractivity contribution in [2.24, 2.45) is 0 Å². The van der Waals surface area contributed by atoms with E-state index < -0.39 is 15.6 Å². The maximum Gasteiger partial charge on any atom is 0.341 e. The van der Waals surface area contributed by atoms with E-state index in [0.29, 0.717) is 12.2 Å². The van der Waals surface area contributed by atoms with Crippen LogP contribution in [0.2, 0.25) is 0 Å². The standard InChI is InChI=1S/C9H11F2NO2S/c1-2-12-7-3-5-8(6-4-7)15(13,14)9(10)11/h3-6,9,12H,2H2,1H3. The monoisotopic (exact) mass is 235 g/mol. The molecule has 0 radical (unpaired) electrons. The summed E-state index contributed by atoms with van der Waals surface area (Å²) in [4.78, 5) is -0.362. The van der Waals surface area contributed by atoms with Gasteiger partial charge in [-0.1, -0.05) is 0 Å². The minimum Gasteiger partial charge on any atom is -0.385 e. The van der Waals surface area contributed by atoms with Crippen molar-refractivity contribution in [3.63, 3.8) is 0 Å². The first kappa shape index (κ1) is 11.9. The zero-order chi connectivity index (χ0) is 11.5. The Hall–Kier alpha value is -1.17. The van der Waals surface area contributed by atoms with Gasteiger partial charge < -0.3 is 5.32 Å². The minimum absolute atomic E-state index is 0.362. The van der Waals surface area contributed by atoms with Crippen LogP contribution < -0.4 is 5.32 Å². The molecule has 0 aliphatic carbocycles. The molecule has 0 aliphatic heterocycles. The van der Waals surface area contributed by atoms with Gasteiger partial charge in [0.1, 0.15) is 0 Å². The fraction of sp³-hybridized carbons (Fsp3) is 0.333. The molecule has 0 heterocycles. The third-order valence-electron chi connectivity index (χ3n) is 1.80. The van der Waals surface area contributed by atoms with E-state index in [9.17, 15) is 17.2 Å². The van der Waals surface area contributed by atoms with Crippen LogP contribution in [-0.4, -0.2) is 20.7 Å². The van der Waals surface area contributed by atoms with Gasteiger partial charge in [-0.2, -0.15) is 8.78 Å². The first-order chi connectivity index (χ1) is 6.98. The van der Waals surface area contributed by atoms with Crippen molar-refractivity contribution >= 4 is 15.5 Å². The topological polar surface area (TPSA) is 46.2 Å². The molecule has 1 aromatic rings. The van der Waals surface area contributed by atoms with E-state index in [0.717, 1.165) is 0 Å². The van der Waals surface area contributed by atoms with Crippen molar-refractivity contribution in [1.82, 2.24) is 0 Å². The summed E-state index contributed by atoms with van der Waals surface area (Å²) in [6.07, 6.45) is 0. The molecule has 0 atom stereocenters. The summed E-state index contributed by atoms with van der Waals surface area (Å²) in [7, 11) is -4.47. The lowest BCUT2D eigenvalue weighted by Crippen LogP contribution is -2.11. The molecule has 0 bridgehead atoms. The lowest BCUT2D eigenvalue weighted by Gasteiger charge is -2.05. The van der Waals surface area contributed by atoms with Crippen LogP contribution in [0, 0.1) is 0 Å². The van der Waals surface area contributed by atoms with Crippen molar-refractivity contribution in [2.45, 2.75) is 17.6 Å². The van der Waals surface area contributed by atoms with Crippen LogP contribution in [0.3, 0.4) is 0 Å². The Bertz CT molecular complexity index is 414. The van der Waals surface area contributed by atoms with Gasteiger partial charge in [0.15, 0.2) is 0 Å². The fourth-order valence-electron chi connectivity index (χ4n) is 1.07. The number of rotatable bonds is 4. The molecule has 1 rings (SSSR count). The molecule has 6 heteroatoms. The zero-order valence-electron chi connectivity index (χ0n) is 8.07. The van der Waals surface area contributed by atoms with Gasteiger partial charge in [0, 0.05) is 12.2 Å². The second-order valence-corrected chi connectivity index (χ2v) is 4.78. The summed E-state index contributed by atoms with van der Waals surface area (Å²) in [5.74, 6) is -3.37. The van der Waals surface area contributed by atoms with Crippen molar-refractivity contribution in [1.29, 1.82) is 0 Å². The Morgan fingerprint density at radius 2 is 1.80 bits per heavy atom. The molecule has 84 valence electrons. The normalized spacial score (nSPS) is 11.7. The van der Waals surface area contributed by atoms with E-state index >= 15 is 0 Å². The van der Waals surface area contributed by atoms with Gasteiger partial charge in [-0.25, -0.2) is 8.42 Å². The predicted octanol–water partition coefficient (Wildman–Crippen LogP) is 2.11. The van der Waals surface area contributed by atoms with Crippen LogP contribution in [0.25, 0.3) is 0 Å². The third kappa shape index (κ3) is 2.65. The second kappa shape index (κ2) is 4.57. The van der Waals surface area contributed by atoms with Crippen molar-refractivity contribution in [3.8, 4) is 0 Å². The van der Waals surface area contributed by atoms with E-state index in [2.05, 4.69) is 5.32 Å². The first-order valence-electron chi connectivity index (χ1n) is 4.34. The summed E-state index contributed by atoms with van der Waals surface area (Å²) in [5, 5.41) is 2.93. The second-order valence-electron chi connectivity index (χ2n) is 2.86. The Balaban J connectivity index is 2.99. The van der Waals surface area contributed by atoms with Gasteiger partial charge in [0.25, 0.3) is 0 Å². The largest absolute Gasteiger partial charge is 0.385 e. The number of alkyl halides is 2. The van der Waals surface area contributed by atoms with Crippen LogP contribution in [-0.2, 0) is 9.84 Å². The quantitative estimate of drug-likeness (QED) is 0.869. The maximum absolute atomic E-state index is 12.1. The number of hydrogen-bond acceptors (Lipinski definition) is 3. The SMILES string of the molecule is CCNc1ccc(S(=O)(=O)C(F)F)cc1. The molecule has 0 fully saturated rings. The molecule has 15 heavy (non-hydrogen) atoms. The Kier molecular flexibility index (Phi) is 3.62. The van der Waals surface area contributed by atoms with Gasteiger partial charge >= 0.3 is 5.76 Å². The Morgan fingerprint density at radius 1 is 1.27 bits per heavy atom. The van der Waals surface area contributed by atoms with Gasteiger partial charge in [-0.3, -0.25) is 0 Å². The van der Waals surface area contributed by atoms with Crippen LogP contribution in [0.5, 0.6) is 0 Å². The Morgan fingerprint density at radius 3 is 2.20 bits per heavy atom. The highest BCUT2D eigenvalue weighted by molar-refractivity contribution is 7.91. The van der Waals surface area contributed by atoms with E-state index in [1.54, 1.807) is 0 Å². The van der Waals surface area contributed by atoms with Crippen molar-refractivity contribution in [3.05, 3.63) is 24.3 Å². The highest BCUT2D eigenvalue weighted by atomic mass is 32.2. The number of hydrogen-bond donors (Lipinski definition) is 1. The maximum atomic E-state index is 12.1. The predicted molar refractivity (Wildman–Crippen MR) is 53.8 cm³/mol. The summed E-state index contributed by atoms with van der Waals surface area (Å²) >= 11 is 0. The minimum atomic E-state index is -4.47. The van der Waals surface area contributed by atoms with E-state index in [4.69, 9.17) is 0 Å². The van der Waals surface area contributed by atoms with Gasteiger partial charge in [-0.05, 0) is 31.2 Å².